The van der Waals surface area contributed by atoms with Crippen molar-refractivity contribution in [1.29, 1.82) is 0 Å². The summed E-state index contributed by atoms with van der Waals surface area (Å²) in [6.07, 6.45) is 1.80. The number of rotatable bonds is 6. The summed E-state index contributed by atoms with van der Waals surface area (Å²) < 4.78 is 52.9. The zero-order chi connectivity index (χ0) is 18.7. The molecule has 2 aromatic rings. The van der Waals surface area contributed by atoms with E-state index < -0.39 is 17.5 Å². The molecule has 26 heavy (non-hydrogen) atoms. The van der Waals surface area contributed by atoms with Crippen LogP contribution in [0.15, 0.2) is 36.4 Å². The maximum absolute atomic E-state index is 13.7. The van der Waals surface area contributed by atoms with Crippen LogP contribution in [0, 0.1) is 23.3 Å². The van der Waals surface area contributed by atoms with Crippen molar-refractivity contribution in [2.24, 2.45) is 5.73 Å². The molecule has 6 heteroatoms. The number of halogens is 4. The van der Waals surface area contributed by atoms with Crippen LogP contribution >= 0.6 is 0 Å². The third-order valence-electron chi connectivity index (χ3n) is 5.00. The number of benzene rings is 2. The molecule has 0 saturated carbocycles. The van der Waals surface area contributed by atoms with Crippen LogP contribution in [-0.2, 0) is 6.42 Å². The van der Waals surface area contributed by atoms with Gasteiger partial charge in [0.05, 0.1) is 0 Å². The van der Waals surface area contributed by atoms with Gasteiger partial charge in [0.25, 0.3) is 0 Å². The second kappa shape index (κ2) is 8.18. The maximum Gasteiger partial charge on any atom is 0.161 e. The van der Waals surface area contributed by atoms with Crippen LogP contribution in [0.5, 0.6) is 0 Å². The number of likely N-dealkylation sites (tertiary alicyclic amines) is 1. The fourth-order valence-corrected chi connectivity index (χ4v) is 3.50. The van der Waals surface area contributed by atoms with E-state index in [9.17, 15) is 17.6 Å². The van der Waals surface area contributed by atoms with Crippen molar-refractivity contribution < 1.29 is 17.6 Å². The maximum atomic E-state index is 13.7. The van der Waals surface area contributed by atoms with Crippen LogP contribution in [0.1, 0.15) is 29.9 Å². The summed E-state index contributed by atoms with van der Waals surface area (Å²) in [6, 6.07) is 7.70. The zero-order valence-electron chi connectivity index (χ0n) is 14.4. The van der Waals surface area contributed by atoms with E-state index in [-0.39, 0.29) is 23.8 Å². The second-order valence-electron chi connectivity index (χ2n) is 6.95. The van der Waals surface area contributed by atoms with E-state index in [0.29, 0.717) is 18.4 Å². The van der Waals surface area contributed by atoms with Gasteiger partial charge in [-0.05, 0) is 67.6 Å². The topological polar surface area (TPSA) is 29.3 Å². The van der Waals surface area contributed by atoms with Crippen LogP contribution in [0.25, 0.3) is 0 Å². The largest absolute Gasteiger partial charge is 0.327 e. The molecule has 0 bridgehead atoms. The summed E-state index contributed by atoms with van der Waals surface area (Å²) in [6.45, 7) is 2.55. The number of nitrogens with zero attached hydrogens (tertiary/aromatic N) is 1. The highest BCUT2D eigenvalue weighted by molar-refractivity contribution is 5.22. The van der Waals surface area contributed by atoms with Crippen LogP contribution in [0.4, 0.5) is 17.6 Å². The quantitative estimate of drug-likeness (QED) is 0.619. The van der Waals surface area contributed by atoms with E-state index in [0.717, 1.165) is 37.7 Å². The Morgan fingerprint density at radius 3 is 2.42 bits per heavy atom. The molecule has 0 spiro atoms. The summed E-state index contributed by atoms with van der Waals surface area (Å²) in [5.74, 6) is -2.88. The Hall–Kier alpha value is -1.92. The van der Waals surface area contributed by atoms with Crippen molar-refractivity contribution in [3.8, 4) is 0 Å². The fraction of sp³-hybridized carbons (Fsp3) is 0.400. The lowest BCUT2D eigenvalue weighted by Gasteiger charge is -2.19. The Morgan fingerprint density at radius 2 is 1.69 bits per heavy atom. The molecule has 1 heterocycles. The smallest absolute Gasteiger partial charge is 0.161 e. The molecule has 1 saturated heterocycles. The molecule has 2 N–H and O–H groups in total. The fourth-order valence-electron chi connectivity index (χ4n) is 3.50. The minimum Gasteiger partial charge on any atom is -0.327 e. The first-order valence-electron chi connectivity index (χ1n) is 8.79. The third-order valence-corrected chi connectivity index (χ3v) is 5.00. The molecule has 1 fully saturated rings. The molecule has 0 radical (unpaired) electrons. The number of hydrogen-bond acceptors (Lipinski definition) is 2. The first kappa shape index (κ1) is 18.9. The van der Waals surface area contributed by atoms with Gasteiger partial charge in [-0.15, -0.1) is 0 Å². The van der Waals surface area contributed by atoms with Gasteiger partial charge >= 0.3 is 0 Å². The van der Waals surface area contributed by atoms with Crippen molar-refractivity contribution >= 4 is 0 Å². The van der Waals surface area contributed by atoms with Gasteiger partial charge in [0.1, 0.15) is 11.6 Å². The number of nitrogens with two attached hydrogens (primary N) is 1. The van der Waals surface area contributed by atoms with Gasteiger partial charge in [0, 0.05) is 18.7 Å². The minimum absolute atomic E-state index is 0.0991. The molecule has 0 aliphatic carbocycles. The Labute approximate surface area is 150 Å². The molecular formula is C20H22F4N2. The van der Waals surface area contributed by atoms with Gasteiger partial charge in [-0.25, -0.2) is 17.6 Å². The monoisotopic (exact) mass is 366 g/mol. The lowest BCUT2D eigenvalue weighted by molar-refractivity contribution is 0.316. The molecule has 0 aromatic heterocycles. The lowest BCUT2D eigenvalue weighted by Crippen LogP contribution is -2.31. The molecular weight excluding hydrogens is 344 g/mol. The Kier molecular flexibility index (Phi) is 5.94. The summed E-state index contributed by atoms with van der Waals surface area (Å²) in [5.41, 5.74) is 7.28. The van der Waals surface area contributed by atoms with E-state index in [1.165, 1.54) is 12.1 Å². The molecule has 0 amide bonds. The van der Waals surface area contributed by atoms with Crippen LogP contribution in [0.3, 0.4) is 0 Å². The normalized spacial score (nSPS) is 19.0. The summed E-state index contributed by atoms with van der Waals surface area (Å²) in [5, 5.41) is 0. The molecule has 140 valence electrons. The van der Waals surface area contributed by atoms with Gasteiger partial charge in [-0.1, -0.05) is 12.1 Å². The highest BCUT2D eigenvalue weighted by Crippen LogP contribution is 2.27. The predicted octanol–water partition coefficient (Wildman–Crippen LogP) is 3.99. The van der Waals surface area contributed by atoms with Crippen LogP contribution < -0.4 is 5.73 Å². The van der Waals surface area contributed by atoms with E-state index in [1.54, 1.807) is 0 Å². The van der Waals surface area contributed by atoms with Crippen molar-refractivity contribution in [2.45, 2.75) is 31.2 Å². The van der Waals surface area contributed by atoms with E-state index in [1.807, 2.05) is 12.1 Å². The van der Waals surface area contributed by atoms with Gasteiger partial charge in [-0.3, -0.25) is 0 Å². The average molecular weight is 366 g/mol. The van der Waals surface area contributed by atoms with Crippen molar-refractivity contribution in [2.75, 3.05) is 19.6 Å². The Morgan fingerprint density at radius 1 is 1.00 bits per heavy atom. The van der Waals surface area contributed by atoms with E-state index in [2.05, 4.69) is 4.90 Å². The van der Waals surface area contributed by atoms with Gasteiger partial charge in [0.2, 0.25) is 0 Å². The van der Waals surface area contributed by atoms with Crippen LogP contribution in [-0.4, -0.2) is 30.6 Å². The molecule has 2 atom stereocenters. The van der Waals surface area contributed by atoms with Gasteiger partial charge in [0.15, 0.2) is 11.6 Å². The van der Waals surface area contributed by atoms with E-state index >= 15 is 0 Å². The molecule has 2 aromatic carbocycles. The molecule has 1 aliphatic rings. The predicted molar refractivity (Wildman–Crippen MR) is 92.8 cm³/mol. The lowest BCUT2D eigenvalue weighted by atomic mass is 9.98. The van der Waals surface area contributed by atoms with E-state index in [4.69, 9.17) is 5.73 Å². The van der Waals surface area contributed by atoms with Gasteiger partial charge < -0.3 is 10.6 Å². The number of hydrogen-bond donors (Lipinski definition) is 1. The molecule has 1 unspecified atom stereocenters. The second-order valence-corrected chi connectivity index (χ2v) is 6.95. The van der Waals surface area contributed by atoms with Crippen molar-refractivity contribution in [3.05, 3.63) is 70.8 Å². The zero-order valence-corrected chi connectivity index (χ0v) is 14.4. The SMILES string of the molecule is N[C@@H](CCN1CCC(c2ccc(F)cc2)C1)Cc1cc(F)c(F)cc1F. The standard InChI is InChI=1S/C20H22F4N2/c21-16-3-1-13(2-4-16)14-5-7-26(12-14)8-6-17(25)9-15-10-19(23)20(24)11-18(15)22/h1-4,10-11,14,17H,5-9,12,25H2/t14?,17-/m0/s1. The van der Waals surface area contributed by atoms with Crippen molar-refractivity contribution in [1.82, 2.24) is 4.90 Å². The molecule has 1 aliphatic heterocycles. The minimum atomic E-state index is -1.19. The Balaban J connectivity index is 1.49. The molecule has 2 nitrogen and oxygen atoms in total. The summed E-state index contributed by atoms with van der Waals surface area (Å²) in [4.78, 5) is 2.27. The summed E-state index contributed by atoms with van der Waals surface area (Å²) >= 11 is 0. The van der Waals surface area contributed by atoms with Crippen molar-refractivity contribution in [3.63, 3.8) is 0 Å². The highest BCUT2D eigenvalue weighted by atomic mass is 19.2. The Bertz CT molecular complexity index is 748. The summed E-state index contributed by atoms with van der Waals surface area (Å²) in [7, 11) is 0. The highest BCUT2D eigenvalue weighted by Gasteiger charge is 2.24. The van der Waals surface area contributed by atoms with Crippen LogP contribution in [0.2, 0.25) is 0 Å². The van der Waals surface area contributed by atoms with Gasteiger partial charge in [-0.2, -0.15) is 0 Å². The third kappa shape index (κ3) is 4.62. The first-order chi connectivity index (χ1) is 12.4. The molecule has 3 rings (SSSR count). The average Bonchev–Trinajstić information content (AvgIpc) is 3.07. The first-order valence-corrected chi connectivity index (χ1v) is 8.79.